The van der Waals surface area contributed by atoms with Gasteiger partial charge in [0, 0.05) is 0 Å². The summed E-state index contributed by atoms with van der Waals surface area (Å²) in [5.41, 5.74) is 6.00. The molecule has 0 aromatic carbocycles. The zero-order valence-corrected chi connectivity index (χ0v) is 9.42. The molecule has 2 heteroatoms. The van der Waals surface area contributed by atoms with Gasteiger partial charge >= 0.3 is 0 Å². The van der Waals surface area contributed by atoms with Crippen LogP contribution in [0.1, 0.15) is 50.7 Å². The van der Waals surface area contributed by atoms with Gasteiger partial charge in [0.15, 0.2) is 0 Å². The number of furan rings is 1. The molecule has 0 amide bonds. The molecule has 0 bridgehead atoms. The van der Waals surface area contributed by atoms with Crippen molar-refractivity contribution in [2.75, 3.05) is 0 Å². The Hall–Kier alpha value is -0.760. The molecule has 0 radical (unpaired) electrons. The standard InChI is InChI=1S/C12H21NO/c1-9(2)5-4-6-11(13)12-8-7-10(3)14-12/h7-9,11H,4-6,13H2,1-3H3. The smallest absolute Gasteiger partial charge is 0.120 e. The number of aryl methyl sites for hydroxylation is 1. The number of nitrogens with two attached hydrogens (primary N) is 1. The minimum absolute atomic E-state index is 0.0717. The first-order valence-corrected chi connectivity index (χ1v) is 5.41. The average molecular weight is 195 g/mol. The van der Waals surface area contributed by atoms with E-state index in [1.165, 1.54) is 12.8 Å². The molecule has 1 atom stereocenters. The summed E-state index contributed by atoms with van der Waals surface area (Å²) in [6.45, 7) is 6.43. The minimum atomic E-state index is 0.0717. The molecule has 1 rings (SSSR count). The third-order valence-electron chi connectivity index (χ3n) is 2.42. The van der Waals surface area contributed by atoms with Crippen molar-refractivity contribution in [1.82, 2.24) is 0 Å². The van der Waals surface area contributed by atoms with Crippen molar-refractivity contribution in [3.8, 4) is 0 Å². The fourth-order valence-corrected chi connectivity index (χ4v) is 1.54. The van der Waals surface area contributed by atoms with Crippen LogP contribution in [-0.4, -0.2) is 0 Å². The summed E-state index contributed by atoms with van der Waals surface area (Å²) in [6.07, 6.45) is 3.44. The Bertz CT molecular complexity index is 265. The molecule has 0 aliphatic carbocycles. The van der Waals surface area contributed by atoms with Gasteiger partial charge in [-0.05, 0) is 31.4 Å². The number of rotatable bonds is 5. The molecule has 1 unspecified atom stereocenters. The van der Waals surface area contributed by atoms with Gasteiger partial charge < -0.3 is 10.2 Å². The molecule has 0 saturated heterocycles. The average Bonchev–Trinajstić information content (AvgIpc) is 2.51. The Morgan fingerprint density at radius 2 is 2.00 bits per heavy atom. The lowest BCUT2D eigenvalue weighted by molar-refractivity contribution is 0.416. The van der Waals surface area contributed by atoms with Crippen LogP contribution >= 0.6 is 0 Å². The molecule has 2 nitrogen and oxygen atoms in total. The van der Waals surface area contributed by atoms with E-state index < -0.39 is 0 Å². The van der Waals surface area contributed by atoms with Crippen LogP contribution in [0.3, 0.4) is 0 Å². The first-order chi connectivity index (χ1) is 6.59. The molecule has 2 N–H and O–H groups in total. The van der Waals surface area contributed by atoms with Crippen LogP contribution in [0.15, 0.2) is 16.5 Å². The van der Waals surface area contributed by atoms with Gasteiger partial charge in [0.25, 0.3) is 0 Å². The van der Waals surface area contributed by atoms with Gasteiger partial charge in [-0.25, -0.2) is 0 Å². The van der Waals surface area contributed by atoms with Gasteiger partial charge in [-0.15, -0.1) is 0 Å². The highest BCUT2D eigenvalue weighted by Gasteiger charge is 2.09. The van der Waals surface area contributed by atoms with E-state index in [4.69, 9.17) is 10.2 Å². The van der Waals surface area contributed by atoms with E-state index in [0.717, 1.165) is 23.9 Å². The van der Waals surface area contributed by atoms with Crippen LogP contribution in [0.4, 0.5) is 0 Å². The van der Waals surface area contributed by atoms with E-state index in [9.17, 15) is 0 Å². The molecule has 0 aliphatic rings. The van der Waals surface area contributed by atoms with Crippen molar-refractivity contribution in [1.29, 1.82) is 0 Å². The van der Waals surface area contributed by atoms with Crippen LogP contribution in [0, 0.1) is 12.8 Å². The summed E-state index contributed by atoms with van der Waals surface area (Å²) in [7, 11) is 0. The highest BCUT2D eigenvalue weighted by Crippen LogP contribution is 2.20. The molecule has 1 heterocycles. The summed E-state index contributed by atoms with van der Waals surface area (Å²) in [5.74, 6) is 2.63. The van der Waals surface area contributed by atoms with Gasteiger partial charge in [0.1, 0.15) is 11.5 Å². The number of hydrogen-bond donors (Lipinski definition) is 1. The van der Waals surface area contributed by atoms with E-state index in [0.29, 0.717) is 0 Å². The van der Waals surface area contributed by atoms with E-state index >= 15 is 0 Å². The predicted octanol–water partition coefficient (Wildman–Crippen LogP) is 3.41. The highest BCUT2D eigenvalue weighted by molar-refractivity contribution is 5.08. The van der Waals surface area contributed by atoms with Gasteiger partial charge in [-0.2, -0.15) is 0 Å². The van der Waals surface area contributed by atoms with Crippen LogP contribution < -0.4 is 5.73 Å². The lowest BCUT2D eigenvalue weighted by atomic mass is 10.0. The zero-order valence-electron chi connectivity index (χ0n) is 9.42. The largest absolute Gasteiger partial charge is 0.465 e. The molecule has 80 valence electrons. The summed E-state index contributed by atoms with van der Waals surface area (Å²) in [4.78, 5) is 0. The Morgan fingerprint density at radius 1 is 1.29 bits per heavy atom. The van der Waals surface area contributed by atoms with Crippen molar-refractivity contribution in [2.45, 2.75) is 46.1 Å². The molecule has 0 saturated carbocycles. The van der Waals surface area contributed by atoms with Gasteiger partial charge in [0.05, 0.1) is 6.04 Å². The molecular formula is C12H21NO. The highest BCUT2D eigenvalue weighted by atomic mass is 16.3. The van der Waals surface area contributed by atoms with Gasteiger partial charge in [0.2, 0.25) is 0 Å². The normalized spacial score (nSPS) is 13.5. The van der Waals surface area contributed by atoms with E-state index in [2.05, 4.69) is 13.8 Å². The molecule has 0 spiro atoms. The van der Waals surface area contributed by atoms with Gasteiger partial charge in [-0.1, -0.05) is 26.7 Å². The van der Waals surface area contributed by atoms with Crippen LogP contribution in [0.2, 0.25) is 0 Å². The maximum absolute atomic E-state index is 6.00. The van der Waals surface area contributed by atoms with Crippen LogP contribution in [0.5, 0.6) is 0 Å². The van der Waals surface area contributed by atoms with Crippen molar-refractivity contribution >= 4 is 0 Å². The SMILES string of the molecule is Cc1ccc(C(N)CCCC(C)C)o1. The fraction of sp³-hybridized carbons (Fsp3) is 0.667. The lowest BCUT2D eigenvalue weighted by Crippen LogP contribution is -2.09. The van der Waals surface area contributed by atoms with Crippen molar-refractivity contribution in [2.24, 2.45) is 11.7 Å². The third kappa shape index (κ3) is 3.54. The van der Waals surface area contributed by atoms with Crippen molar-refractivity contribution in [3.05, 3.63) is 23.7 Å². The van der Waals surface area contributed by atoms with E-state index in [1.54, 1.807) is 0 Å². The number of hydrogen-bond acceptors (Lipinski definition) is 2. The molecule has 1 aromatic rings. The molecule has 0 aliphatic heterocycles. The second-order valence-corrected chi connectivity index (χ2v) is 4.38. The maximum atomic E-state index is 6.00. The topological polar surface area (TPSA) is 39.2 Å². The maximum Gasteiger partial charge on any atom is 0.120 e. The summed E-state index contributed by atoms with van der Waals surface area (Å²) >= 11 is 0. The van der Waals surface area contributed by atoms with Crippen LogP contribution in [-0.2, 0) is 0 Å². The minimum Gasteiger partial charge on any atom is -0.465 e. The molecule has 1 aromatic heterocycles. The van der Waals surface area contributed by atoms with Crippen molar-refractivity contribution < 1.29 is 4.42 Å². The third-order valence-corrected chi connectivity index (χ3v) is 2.42. The molecule has 14 heavy (non-hydrogen) atoms. The second-order valence-electron chi connectivity index (χ2n) is 4.38. The lowest BCUT2D eigenvalue weighted by Gasteiger charge is -2.09. The Labute approximate surface area is 86.5 Å². The summed E-state index contributed by atoms with van der Waals surface area (Å²) in [5, 5.41) is 0. The second kappa shape index (κ2) is 5.20. The molecular weight excluding hydrogens is 174 g/mol. The van der Waals surface area contributed by atoms with E-state index in [-0.39, 0.29) is 6.04 Å². The molecule has 0 fully saturated rings. The Morgan fingerprint density at radius 3 is 2.50 bits per heavy atom. The van der Waals surface area contributed by atoms with Crippen molar-refractivity contribution in [3.63, 3.8) is 0 Å². The Kier molecular flexibility index (Phi) is 4.21. The van der Waals surface area contributed by atoms with Crippen LogP contribution in [0.25, 0.3) is 0 Å². The monoisotopic (exact) mass is 195 g/mol. The first-order valence-electron chi connectivity index (χ1n) is 5.41. The first kappa shape index (κ1) is 11.3. The predicted molar refractivity (Wildman–Crippen MR) is 59.1 cm³/mol. The quantitative estimate of drug-likeness (QED) is 0.782. The fourth-order valence-electron chi connectivity index (χ4n) is 1.54. The Balaban J connectivity index is 2.32. The summed E-state index contributed by atoms with van der Waals surface area (Å²) in [6, 6.07) is 4.02. The van der Waals surface area contributed by atoms with Gasteiger partial charge in [-0.3, -0.25) is 0 Å². The van der Waals surface area contributed by atoms with E-state index in [1.807, 2.05) is 19.1 Å². The zero-order chi connectivity index (χ0) is 10.6. The summed E-state index contributed by atoms with van der Waals surface area (Å²) < 4.78 is 5.48.